The number of nitrogens with zero attached hydrogens (tertiary/aromatic N) is 2. The predicted molar refractivity (Wildman–Crippen MR) is 119 cm³/mol. The van der Waals surface area contributed by atoms with Crippen molar-refractivity contribution in [3.63, 3.8) is 0 Å². The highest BCUT2D eigenvalue weighted by Crippen LogP contribution is 2.28. The Balaban J connectivity index is 1.48. The number of amides is 2. The summed E-state index contributed by atoms with van der Waals surface area (Å²) in [5.41, 5.74) is 0.695. The van der Waals surface area contributed by atoms with E-state index in [-0.39, 0.29) is 23.1 Å². The number of anilines is 1. The molecule has 0 radical (unpaired) electrons. The summed E-state index contributed by atoms with van der Waals surface area (Å²) in [6.45, 7) is 1.13. The smallest absolute Gasteiger partial charge is 0.227 e. The zero-order chi connectivity index (χ0) is 22.6. The van der Waals surface area contributed by atoms with E-state index in [4.69, 9.17) is 16.3 Å². The van der Waals surface area contributed by atoms with E-state index in [1.165, 1.54) is 12.1 Å². The Morgan fingerprint density at radius 3 is 2.68 bits per heavy atom. The Morgan fingerprint density at radius 2 is 1.97 bits per heavy atom. The van der Waals surface area contributed by atoms with E-state index in [0.29, 0.717) is 42.6 Å². The fraction of sp³-hybridized carbons (Fsp3) is 0.364. The van der Waals surface area contributed by atoms with E-state index in [1.807, 2.05) is 0 Å². The van der Waals surface area contributed by atoms with Crippen LogP contribution >= 0.6 is 11.6 Å². The molecule has 9 heteroatoms. The Bertz CT molecular complexity index is 1070. The lowest BCUT2D eigenvalue weighted by atomic mass is 10.1. The minimum absolute atomic E-state index is 0.0862. The lowest BCUT2D eigenvalue weighted by molar-refractivity contribution is -0.134. The van der Waals surface area contributed by atoms with Crippen molar-refractivity contribution in [2.45, 2.75) is 17.7 Å². The van der Waals surface area contributed by atoms with Gasteiger partial charge in [-0.25, -0.2) is 8.42 Å². The van der Waals surface area contributed by atoms with E-state index in [1.54, 1.807) is 53.2 Å². The fourth-order valence-corrected chi connectivity index (χ4v) is 4.32. The molecule has 1 saturated heterocycles. The molecule has 0 bridgehead atoms. The van der Waals surface area contributed by atoms with Gasteiger partial charge in [-0.15, -0.1) is 0 Å². The molecule has 166 valence electrons. The van der Waals surface area contributed by atoms with Crippen LogP contribution in [0.3, 0.4) is 0 Å². The predicted octanol–water partition coefficient (Wildman–Crippen LogP) is 3.02. The summed E-state index contributed by atoms with van der Waals surface area (Å²) in [5, 5.41) is 0.541. The van der Waals surface area contributed by atoms with Crippen molar-refractivity contribution in [1.82, 2.24) is 4.90 Å². The normalized spacial score (nSPS) is 16.4. The Hall–Kier alpha value is -2.58. The van der Waals surface area contributed by atoms with Gasteiger partial charge >= 0.3 is 0 Å². The molecule has 0 N–H and O–H groups in total. The molecule has 0 saturated carbocycles. The highest BCUT2D eigenvalue weighted by Gasteiger charge is 2.36. The molecule has 7 nitrogen and oxygen atoms in total. The van der Waals surface area contributed by atoms with Gasteiger partial charge in [-0.1, -0.05) is 23.7 Å². The van der Waals surface area contributed by atoms with Gasteiger partial charge in [0.1, 0.15) is 5.75 Å². The minimum Gasteiger partial charge on any atom is -0.493 e. The van der Waals surface area contributed by atoms with Crippen molar-refractivity contribution in [3.05, 3.63) is 53.6 Å². The van der Waals surface area contributed by atoms with Gasteiger partial charge < -0.3 is 14.5 Å². The van der Waals surface area contributed by atoms with Crippen LogP contribution in [0.15, 0.2) is 53.4 Å². The average Bonchev–Trinajstić information content (AvgIpc) is 3.11. The van der Waals surface area contributed by atoms with E-state index < -0.39 is 15.8 Å². The molecule has 2 aromatic carbocycles. The first-order chi connectivity index (χ1) is 14.6. The molecule has 1 fully saturated rings. The maximum absolute atomic E-state index is 12.8. The highest BCUT2D eigenvalue weighted by molar-refractivity contribution is 7.90. The van der Waals surface area contributed by atoms with E-state index >= 15 is 0 Å². The second-order valence-electron chi connectivity index (χ2n) is 7.59. The summed E-state index contributed by atoms with van der Waals surface area (Å²) in [7, 11) is -1.59. The minimum atomic E-state index is -3.29. The van der Waals surface area contributed by atoms with Crippen LogP contribution in [0.5, 0.6) is 5.75 Å². The maximum atomic E-state index is 12.8. The van der Waals surface area contributed by atoms with Crippen molar-refractivity contribution in [2.24, 2.45) is 5.92 Å². The quantitative estimate of drug-likeness (QED) is 0.561. The van der Waals surface area contributed by atoms with Crippen LogP contribution in [0.25, 0.3) is 0 Å². The molecule has 2 aromatic rings. The second-order valence-corrected chi connectivity index (χ2v) is 10.0. The van der Waals surface area contributed by atoms with Gasteiger partial charge in [0, 0.05) is 43.5 Å². The SMILES string of the molecule is CN(CCCOc1cccc(S(C)(=O)=O)c1)C(=O)C1CC(=O)N(c2cccc(Cl)c2)C1. The van der Waals surface area contributed by atoms with Gasteiger partial charge in [0.05, 0.1) is 17.4 Å². The highest BCUT2D eigenvalue weighted by atomic mass is 35.5. The summed E-state index contributed by atoms with van der Waals surface area (Å²) < 4.78 is 28.9. The van der Waals surface area contributed by atoms with Crippen molar-refractivity contribution < 1.29 is 22.7 Å². The summed E-state index contributed by atoms with van der Waals surface area (Å²) >= 11 is 6.01. The molecule has 3 rings (SSSR count). The zero-order valence-corrected chi connectivity index (χ0v) is 19.0. The van der Waals surface area contributed by atoms with E-state index in [0.717, 1.165) is 6.26 Å². The van der Waals surface area contributed by atoms with Crippen LogP contribution in [-0.4, -0.2) is 58.1 Å². The number of carbonyl (C=O) groups is 2. The van der Waals surface area contributed by atoms with Crippen LogP contribution in [0.2, 0.25) is 5.02 Å². The second kappa shape index (κ2) is 9.70. The number of hydrogen-bond acceptors (Lipinski definition) is 5. The van der Waals surface area contributed by atoms with Gasteiger partial charge in [-0.05, 0) is 42.8 Å². The molecule has 1 aliphatic heterocycles. The largest absolute Gasteiger partial charge is 0.493 e. The summed E-state index contributed by atoms with van der Waals surface area (Å²) in [6, 6.07) is 13.4. The molecule has 1 heterocycles. The molecule has 0 spiro atoms. The molecular formula is C22H25ClN2O5S. The number of benzene rings is 2. The molecule has 1 aliphatic rings. The standard InChI is InChI=1S/C22H25ClN2O5S/c1-24(10-5-11-30-19-8-4-9-20(14-19)31(2,28)29)22(27)16-12-21(26)25(15-16)18-7-3-6-17(23)13-18/h3-4,6-9,13-14,16H,5,10-12,15H2,1-2H3. The summed E-state index contributed by atoms with van der Waals surface area (Å²) in [6.07, 6.45) is 1.89. The van der Waals surface area contributed by atoms with Gasteiger partial charge in [0.2, 0.25) is 11.8 Å². The number of carbonyl (C=O) groups excluding carboxylic acids is 2. The third-order valence-corrected chi connectivity index (χ3v) is 6.46. The van der Waals surface area contributed by atoms with Gasteiger partial charge in [-0.2, -0.15) is 0 Å². The van der Waals surface area contributed by atoms with Crippen LogP contribution in [0.1, 0.15) is 12.8 Å². The monoisotopic (exact) mass is 464 g/mol. The fourth-order valence-electron chi connectivity index (χ4n) is 3.47. The van der Waals surface area contributed by atoms with Gasteiger partial charge in [0.25, 0.3) is 0 Å². The van der Waals surface area contributed by atoms with E-state index in [2.05, 4.69) is 0 Å². The average molecular weight is 465 g/mol. The summed E-state index contributed by atoms with van der Waals surface area (Å²) in [5.74, 6) is -0.112. The Kier molecular flexibility index (Phi) is 7.23. The molecule has 0 aromatic heterocycles. The maximum Gasteiger partial charge on any atom is 0.227 e. The number of ether oxygens (including phenoxy) is 1. The number of rotatable bonds is 8. The van der Waals surface area contributed by atoms with Gasteiger partial charge in [0.15, 0.2) is 9.84 Å². The third kappa shape index (κ3) is 5.98. The zero-order valence-electron chi connectivity index (χ0n) is 17.5. The molecular weight excluding hydrogens is 440 g/mol. The number of hydrogen-bond donors (Lipinski definition) is 0. The molecule has 1 unspecified atom stereocenters. The summed E-state index contributed by atoms with van der Waals surface area (Å²) in [4.78, 5) is 28.6. The first-order valence-corrected chi connectivity index (χ1v) is 12.2. The van der Waals surface area contributed by atoms with Crippen molar-refractivity contribution in [1.29, 1.82) is 0 Å². The van der Waals surface area contributed by atoms with E-state index in [9.17, 15) is 18.0 Å². The van der Waals surface area contributed by atoms with Crippen LogP contribution in [0.4, 0.5) is 5.69 Å². The Morgan fingerprint density at radius 1 is 1.23 bits per heavy atom. The number of halogens is 1. The topological polar surface area (TPSA) is 84.0 Å². The first-order valence-electron chi connectivity index (χ1n) is 9.89. The molecule has 31 heavy (non-hydrogen) atoms. The molecule has 1 atom stereocenters. The van der Waals surface area contributed by atoms with Crippen LogP contribution < -0.4 is 9.64 Å². The van der Waals surface area contributed by atoms with Crippen LogP contribution in [-0.2, 0) is 19.4 Å². The lowest BCUT2D eigenvalue weighted by Crippen LogP contribution is -2.35. The van der Waals surface area contributed by atoms with Crippen molar-refractivity contribution >= 4 is 38.9 Å². The molecule has 0 aliphatic carbocycles. The van der Waals surface area contributed by atoms with Crippen molar-refractivity contribution in [3.8, 4) is 5.75 Å². The molecule has 2 amide bonds. The van der Waals surface area contributed by atoms with Crippen molar-refractivity contribution in [2.75, 3.05) is 37.9 Å². The number of sulfone groups is 1. The first kappa shape index (κ1) is 23.1. The Labute approximate surface area is 187 Å². The third-order valence-electron chi connectivity index (χ3n) is 5.11. The van der Waals surface area contributed by atoms with Gasteiger partial charge in [-0.3, -0.25) is 9.59 Å². The van der Waals surface area contributed by atoms with Crippen LogP contribution in [0, 0.1) is 5.92 Å². The lowest BCUT2D eigenvalue weighted by Gasteiger charge is -2.21.